The van der Waals surface area contributed by atoms with Crippen LogP contribution in [0.1, 0.15) is 36.0 Å². The lowest BCUT2D eigenvalue weighted by Crippen LogP contribution is -2.35. The number of likely N-dealkylation sites (tertiary alicyclic amines) is 1. The molecule has 2 rings (SSSR count). The van der Waals surface area contributed by atoms with Crippen LogP contribution in [0.5, 0.6) is 0 Å². The molecule has 98 valence electrons. The third-order valence-corrected chi connectivity index (χ3v) is 3.78. The van der Waals surface area contributed by atoms with Gasteiger partial charge < -0.3 is 10.0 Å². The standard InChI is InChI=1S/C13H17BrN2O2/c14-12-6-5-10(9-15-12)13(18)16-7-1-3-11(16)4-2-8-17/h5-6,9,11,17H,1-4,7-8H2. The number of hydrogen-bond donors (Lipinski definition) is 1. The SMILES string of the molecule is O=C(c1ccc(Br)nc1)N1CCCC1CCCO. The molecule has 1 aromatic heterocycles. The Hall–Kier alpha value is -0.940. The largest absolute Gasteiger partial charge is 0.396 e. The van der Waals surface area contributed by atoms with Gasteiger partial charge in [0.2, 0.25) is 0 Å². The summed E-state index contributed by atoms with van der Waals surface area (Å²) in [6, 6.07) is 3.85. The van der Waals surface area contributed by atoms with Gasteiger partial charge in [-0.1, -0.05) is 0 Å². The number of aromatic nitrogens is 1. The molecule has 1 aliphatic rings. The predicted molar refractivity (Wildman–Crippen MR) is 72.3 cm³/mol. The first-order valence-corrected chi connectivity index (χ1v) is 7.05. The molecule has 0 spiro atoms. The molecule has 0 aromatic carbocycles. The highest BCUT2D eigenvalue weighted by Gasteiger charge is 2.28. The van der Waals surface area contributed by atoms with Crippen LogP contribution in [0.15, 0.2) is 22.9 Å². The lowest BCUT2D eigenvalue weighted by molar-refractivity contribution is 0.0724. The van der Waals surface area contributed by atoms with Gasteiger partial charge in [-0.05, 0) is 53.7 Å². The van der Waals surface area contributed by atoms with Gasteiger partial charge in [0.25, 0.3) is 5.91 Å². The molecule has 0 bridgehead atoms. The van der Waals surface area contributed by atoms with Crippen LogP contribution in [0.3, 0.4) is 0 Å². The zero-order valence-electron chi connectivity index (χ0n) is 10.2. The van der Waals surface area contributed by atoms with Crippen molar-refractivity contribution in [3.63, 3.8) is 0 Å². The van der Waals surface area contributed by atoms with Gasteiger partial charge in [-0.2, -0.15) is 0 Å². The van der Waals surface area contributed by atoms with Gasteiger partial charge in [-0.25, -0.2) is 4.98 Å². The van der Waals surface area contributed by atoms with E-state index < -0.39 is 0 Å². The molecule has 0 radical (unpaired) electrons. The van der Waals surface area contributed by atoms with E-state index in [2.05, 4.69) is 20.9 Å². The van der Waals surface area contributed by atoms with Gasteiger partial charge in [-0.3, -0.25) is 4.79 Å². The van der Waals surface area contributed by atoms with E-state index in [0.717, 1.165) is 36.8 Å². The van der Waals surface area contributed by atoms with E-state index in [1.807, 2.05) is 4.90 Å². The smallest absolute Gasteiger partial charge is 0.255 e. The molecule has 1 aromatic rings. The number of halogens is 1. The fourth-order valence-corrected chi connectivity index (χ4v) is 2.63. The first kappa shape index (κ1) is 13.5. The molecule has 18 heavy (non-hydrogen) atoms. The van der Waals surface area contributed by atoms with Gasteiger partial charge >= 0.3 is 0 Å². The fourth-order valence-electron chi connectivity index (χ4n) is 2.40. The van der Waals surface area contributed by atoms with Crippen LogP contribution in [0.2, 0.25) is 0 Å². The second-order valence-electron chi connectivity index (χ2n) is 4.53. The molecule has 4 nitrogen and oxygen atoms in total. The van der Waals surface area contributed by atoms with Gasteiger partial charge in [0.1, 0.15) is 4.60 Å². The molecule has 0 saturated carbocycles. The number of carbonyl (C=O) groups excluding carboxylic acids is 1. The highest BCUT2D eigenvalue weighted by atomic mass is 79.9. The maximum atomic E-state index is 12.3. The van der Waals surface area contributed by atoms with Crippen LogP contribution in [-0.2, 0) is 0 Å². The minimum absolute atomic E-state index is 0.0513. The number of nitrogens with zero attached hydrogens (tertiary/aromatic N) is 2. The Morgan fingerprint density at radius 1 is 1.56 bits per heavy atom. The number of aliphatic hydroxyl groups is 1. The highest BCUT2D eigenvalue weighted by molar-refractivity contribution is 9.10. The van der Waals surface area contributed by atoms with Crippen molar-refractivity contribution < 1.29 is 9.90 Å². The van der Waals surface area contributed by atoms with Gasteiger partial charge in [0.15, 0.2) is 0 Å². The minimum Gasteiger partial charge on any atom is -0.396 e. The van der Waals surface area contributed by atoms with Crippen LogP contribution in [0.4, 0.5) is 0 Å². The summed E-state index contributed by atoms with van der Waals surface area (Å²) in [4.78, 5) is 18.3. The van der Waals surface area contributed by atoms with Crippen LogP contribution >= 0.6 is 15.9 Å². The number of amides is 1. The second-order valence-corrected chi connectivity index (χ2v) is 5.34. The summed E-state index contributed by atoms with van der Waals surface area (Å²) in [5.41, 5.74) is 0.633. The predicted octanol–water partition coefficient (Wildman–Crippen LogP) is 2.22. The Kier molecular flexibility index (Phi) is 4.72. The molecule has 0 aliphatic carbocycles. The second kappa shape index (κ2) is 6.29. The molecule has 5 heteroatoms. The van der Waals surface area contributed by atoms with E-state index in [-0.39, 0.29) is 18.6 Å². The number of carbonyl (C=O) groups is 1. The van der Waals surface area contributed by atoms with Crippen LogP contribution < -0.4 is 0 Å². The van der Waals surface area contributed by atoms with Crippen molar-refractivity contribution in [1.82, 2.24) is 9.88 Å². The molecule has 2 heterocycles. The van der Waals surface area contributed by atoms with E-state index in [4.69, 9.17) is 5.11 Å². The van der Waals surface area contributed by atoms with E-state index in [1.165, 1.54) is 0 Å². The lowest BCUT2D eigenvalue weighted by atomic mass is 10.1. The zero-order chi connectivity index (χ0) is 13.0. The van der Waals surface area contributed by atoms with Crippen molar-refractivity contribution in [2.45, 2.75) is 31.7 Å². The summed E-state index contributed by atoms with van der Waals surface area (Å²) in [7, 11) is 0. The Bertz CT molecular complexity index is 408. The van der Waals surface area contributed by atoms with Crippen molar-refractivity contribution in [1.29, 1.82) is 0 Å². The summed E-state index contributed by atoms with van der Waals surface area (Å²) >= 11 is 3.26. The first-order chi connectivity index (χ1) is 8.72. The van der Waals surface area contributed by atoms with E-state index in [1.54, 1.807) is 18.3 Å². The molecule has 1 saturated heterocycles. The fraction of sp³-hybridized carbons (Fsp3) is 0.538. The number of rotatable bonds is 4. The summed E-state index contributed by atoms with van der Waals surface area (Å²) in [6.45, 7) is 1.00. The van der Waals surface area contributed by atoms with Gasteiger partial charge in [-0.15, -0.1) is 0 Å². The number of pyridine rings is 1. The van der Waals surface area contributed by atoms with E-state index in [9.17, 15) is 4.79 Å². The van der Waals surface area contributed by atoms with Crippen molar-refractivity contribution >= 4 is 21.8 Å². The molecule has 1 aliphatic heterocycles. The topological polar surface area (TPSA) is 53.4 Å². The third kappa shape index (κ3) is 3.09. The molecule has 1 amide bonds. The summed E-state index contributed by atoms with van der Waals surface area (Å²) in [5.74, 6) is 0.0513. The molecule has 1 N–H and O–H groups in total. The highest BCUT2D eigenvalue weighted by Crippen LogP contribution is 2.23. The molecule has 1 fully saturated rings. The average molecular weight is 313 g/mol. The zero-order valence-corrected chi connectivity index (χ0v) is 11.8. The quantitative estimate of drug-likeness (QED) is 0.867. The maximum absolute atomic E-state index is 12.3. The van der Waals surface area contributed by atoms with Crippen LogP contribution in [0.25, 0.3) is 0 Å². The van der Waals surface area contributed by atoms with E-state index >= 15 is 0 Å². The van der Waals surface area contributed by atoms with E-state index in [0.29, 0.717) is 5.56 Å². The van der Waals surface area contributed by atoms with Crippen molar-refractivity contribution in [3.05, 3.63) is 28.5 Å². The summed E-state index contributed by atoms with van der Waals surface area (Å²) in [6.07, 6.45) is 5.33. The van der Waals surface area contributed by atoms with Crippen molar-refractivity contribution in [2.75, 3.05) is 13.2 Å². The summed E-state index contributed by atoms with van der Waals surface area (Å²) in [5, 5.41) is 8.88. The Labute approximate surface area is 115 Å². The molecule has 1 atom stereocenters. The van der Waals surface area contributed by atoms with Crippen LogP contribution in [0, 0.1) is 0 Å². The Balaban J connectivity index is 2.05. The Morgan fingerprint density at radius 3 is 3.06 bits per heavy atom. The maximum Gasteiger partial charge on any atom is 0.255 e. The molecular weight excluding hydrogens is 296 g/mol. The monoisotopic (exact) mass is 312 g/mol. The van der Waals surface area contributed by atoms with Gasteiger partial charge in [0.05, 0.1) is 5.56 Å². The third-order valence-electron chi connectivity index (χ3n) is 3.31. The molecular formula is C13H17BrN2O2. The molecule has 1 unspecified atom stereocenters. The minimum atomic E-state index is 0.0513. The Morgan fingerprint density at radius 2 is 2.39 bits per heavy atom. The number of aliphatic hydroxyl groups excluding tert-OH is 1. The van der Waals surface area contributed by atoms with Crippen LogP contribution in [-0.4, -0.2) is 40.1 Å². The lowest BCUT2D eigenvalue weighted by Gasteiger charge is -2.24. The first-order valence-electron chi connectivity index (χ1n) is 6.26. The normalized spacial score (nSPS) is 19.2. The number of hydrogen-bond acceptors (Lipinski definition) is 3. The van der Waals surface area contributed by atoms with Crippen molar-refractivity contribution in [3.8, 4) is 0 Å². The van der Waals surface area contributed by atoms with Gasteiger partial charge in [0, 0.05) is 25.4 Å². The summed E-state index contributed by atoms with van der Waals surface area (Å²) < 4.78 is 0.734. The van der Waals surface area contributed by atoms with Crippen molar-refractivity contribution in [2.24, 2.45) is 0 Å². The average Bonchev–Trinajstić information content (AvgIpc) is 2.84.